The van der Waals surface area contributed by atoms with Crippen molar-refractivity contribution in [1.29, 1.82) is 0 Å². The van der Waals surface area contributed by atoms with Gasteiger partial charge in [0.15, 0.2) is 18.2 Å². The maximum Gasteiger partial charge on any atom is 0.257 e. The van der Waals surface area contributed by atoms with E-state index in [1.54, 1.807) is 12.1 Å². The molecule has 0 aromatic heterocycles. The number of carbonyl (C=O) groups excluding carboxylic acids is 1. The average molecular weight is 293 g/mol. The molecule has 3 saturated heterocycles. The molecule has 3 heterocycles. The van der Waals surface area contributed by atoms with Crippen molar-refractivity contribution in [1.82, 2.24) is 15.1 Å². The smallest absolute Gasteiger partial charge is 0.257 e. The van der Waals surface area contributed by atoms with Gasteiger partial charge in [-0.15, -0.1) is 0 Å². The lowest BCUT2D eigenvalue weighted by Gasteiger charge is -2.47. The minimum atomic E-state index is -0.450. The van der Waals surface area contributed by atoms with Gasteiger partial charge in [0.2, 0.25) is 0 Å². The Morgan fingerprint density at radius 1 is 1.29 bits per heavy atom. The summed E-state index contributed by atoms with van der Waals surface area (Å²) in [5.74, 6) is -0.552. The third-order valence-corrected chi connectivity index (χ3v) is 4.12. The first-order chi connectivity index (χ1) is 10.2. The molecule has 21 heavy (non-hydrogen) atoms. The van der Waals surface area contributed by atoms with Crippen molar-refractivity contribution in [2.75, 3.05) is 45.9 Å². The highest BCUT2D eigenvalue weighted by molar-refractivity contribution is 5.77. The first-order valence-corrected chi connectivity index (χ1v) is 7.33. The fourth-order valence-electron chi connectivity index (χ4n) is 2.91. The Balaban J connectivity index is 1.42. The zero-order valence-electron chi connectivity index (χ0n) is 11.9. The molecule has 2 bridgehead atoms. The number of benzene rings is 1. The summed E-state index contributed by atoms with van der Waals surface area (Å²) in [4.78, 5) is 16.6. The van der Waals surface area contributed by atoms with Crippen LogP contribution in [0.3, 0.4) is 0 Å². The molecule has 6 heteroatoms. The van der Waals surface area contributed by atoms with Crippen molar-refractivity contribution < 1.29 is 13.9 Å². The Morgan fingerprint density at radius 2 is 2.05 bits per heavy atom. The minimum absolute atomic E-state index is 0.110. The Kier molecular flexibility index (Phi) is 4.36. The molecule has 5 nitrogen and oxygen atoms in total. The van der Waals surface area contributed by atoms with Crippen LogP contribution in [0.15, 0.2) is 24.3 Å². The third-order valence-electron chi connectivity index (χ3n) is 4.12. The zero-order valence-corrected chi connectivity index (χ0v) is 11.9. The lowest BCUT2D eigenvalue weighted by molar-refractivity contribution is -0.123. The molecule has 1 aromatic carbocycles. The van der Waals surface area contributed by atoms with E-state index in [2.05, 4.69) is 15.1 Å². The van der Waals surface area contributed by atoms with Gasteiger partial charge in [-0.2, -0.15) is 0 Å². The predicted octanol–water partition coefficient (Wildman–Crippen LogP) is 0.320. The highest BCUT2D eigenvalue weighted by Crippen LogP contribution is 2.16. The van der Waals surface area contributed by atoms with E-state index in [9.17, 15) is 9.18 Å². The third kappa shape index (κ3) is 3.51. The molecule has 3 aliphatic rings. The van der Waals surface area contributed by atoms with Crippen LogP contribution in [0.1, 0.15) is 0 Å². The summed E-state index contributed by atoms with van der Waals surface area (Å²) < 4.78 is 18.5. The molecule has 0 radical (unpaired) electrons. The van der Waals surface area contributed by atoms with Crippen LogP contribution in [0, 0.1) is 5.82 Å². The monoisotopic (exact) mass is 293 g/mol. The maximum absolute atomic E-state index is 13.3. The molecule has 1 N–H and O–H groups in total. The number of piperazine rings is 3. The summed E-state index contributed by atoms with van der Waals surface area (Å²) in [6, 6.07) is 6.47. The van der Waals surface area contributed by atoms with Crippen molar-refractivity contribution in [3.8, 4) is 5.75 Å². The molecule has 1 aromatic rings. The number of nitrogens with zero attached hydrogens (tertiary/aromatic N) is 2. The minimum Gasteiger partial charge on any atom is -0.481 e. The maximum atomic E-state index is 13.3. The van der Waals surface area contributed by atoms with E-state index in [1.807, 2.05) is 0 Å². The Hall–Kier alpha value is -1.66. The van der Waals surface area contributed by atoms with Gasteiger partial charge >= 0.3 is 0 Å². The number of ether oxygens (including phenoxy) is 1. The summed E-state index contributed by atoms with van der Waals surface area (Å²) in [6.45, 7) is 5.88. The molecule has 114 valence electrons. The second-order valence-electron chi connectivity index (χ2n) is 5.51. The Bertz CT molecular complexity index is 503. The number of fused-ring (bicyclic) bond motifs is 3. The van der Waals surface area contributed by atoms with Gasteiger partial charge in [0.1, 0.15) is 0 Å². The number of rotatable bonds is 5. The van der Waals surface area contributed by atoms with E-state index in [4.69, 9.17) is 4.74 Å². The number of para-hydroxylation sites is 1. The fraction of sp³-hybridized carbons (Fsp3) is 0.533. The van der Waals surface area contributed by atoms with Crippen LogP contribution < -0.4 is 10.1 Å². The lowest BCUT2D eigenvalue weighted by atomic mass is 10.1. The quantitative estimate of drug-likeness (QED) is 0.849. The molecule has 1 amide bonds. The van der Waals surface area contributed by atoms with Gasteiger partial charge in [0, 0.05) is 45.3 Å². The molecule has 4 rings (SSSR count). The molecule has 3 fully saturated rings. The van der Waals surface area contributed by atoms with E-state index < -0.39 is 5.82 Å². The van der Waals surface area contributed by atoms with Crippen LogP contribution in [0.5, 0.6) is 5.75 Å². The van der Waals surface area contributed by atoms with Gasteiger partial charge < -0.3 is 10.1 Å². The van der Waals surface area contributed by atoms with E-state index in [0.717, 1.165) is 32.7 Å². The predicted molar refractivity (Wildman–Crippen MR) is 76.7 cm³/mol. The Morgan fingerprint density at radius 3 is 2.71 bits per heavy atom. The average Bonchev–Trinajstić information content (AvgIpc) is 2.53. The van der Waals surface area contributed by atoms with Crippen LogP contribution in [-0.4, -0.2) is 67.6 Å². The van der Waals surface area contributed by atoms with Gasteiger partial charge in [-0.1, -0.05) is 12.1 Å². The van der Waals surface area contributed by atoms with Crippen LogP contribution in [0.2, 0.25) is 0 Å². The molecule has 0 aliphatic carbocycles. The van der Waals surface area contributed by atoms with Crippen LogP contribution in [-0.2, 0) is 4.79 Å². The van der Waals surface area contributed by atoms with Crippen molar-refractivity contribution in [3.63, 3.8) is 0 Å². The Labute approximate surface area is 123 Å². The summed E-state index contributed by atoms with van der Waals surface area (Å²) in [5, 5.41) is 2.87. The number of halogens is 1. The van der Waals surface area contributed by atoms with Crippen molar-refractivity contribution in [2.45, 2.75) is 6.04 Å². The highest BCUT2D eigenvalue weighted by Gasteiger charge is 2.31. The van der Waals surface area contributed by atoms with Crippen molar-refractivity contribution in [3.05, 3.63) is 30.1 Å². The zero-order chi connectivity index (χ0) is 14.7. The van der Waals surface area contributed by atoms with E-state index in [1.165, 1.54) is 12.1 Å². The molecular formula is C15H20FN3O2. The summed E-state index contributed by atoms with van der Waals surface area (Å²) in [6.07, 6.45) is 0. The van der Waals surface area contributed by atoms with E-state index in [0.29, 0.717) is 12.6 Å². The number of amides is 1. The molecular weight excluding hydrogens is 273 g/mol. The molecule has 0 saturated carbocycles. The second-order valence-corrected chi connectivity index (χ2v) is 5.51. The van der Waals surface area contributed by atoms with E-state index >= 15 is 0 Å². The molecule has 0 spiro atoms. The highest BCUT2D eigenvalue weighted by atomic mass is 19.1. The van der Waals surface area contributed by atoms with Crippen LogP contribution in [0.4, 0.5) is 4.39 Å². The van der Waals surface area contributed by atoms with Gasteiger partial charge in [0.05, 0.1) is 0 Å². The number of hydrogen-bond donors (Lipinski definition) is 1. The van der Waals surface area contributed by atoms with Gasteiger partial charge in [-0.25, -0.2) is 4.39 Å². The SMILES string of the molecule is O=C(COc1ccccc1F)NCC1CN2CCN1CC2. The van der Waals surface area contributed by atoms with Crippen molar-refractivity contribution in [2.24, 2.45) is 0 Å². The summed E-state index contributed by atoms with van der Waals surface area (Å²) >= 11 is 0. The summed E-state index contributed by atoms with van der Waals surface area (Å²) in [5.41, 5.74) is 0. The lowest BCUT2D eigenvalue weighted by Crippen LogP contribution is -2.63. The van der Waals surface area contributed by atoms with Crippen LogP contribution in [0.25, 0.3) is 0 Å². The second kappa shape index (κ2) is 6.41. The molecule has 3 aliphatic heterocycles. The van der Waals surface area contributed by atoms with Gasteiger partial charge in [0.25, 0.3) is 5.91 Å². The standard InChI is InChI=1S/C15H20FN3O2/c16-13-3-1-2-4-14(13)21-11-15(20)17-9-12-10-18-5-7-19(12)8-6-18/h1-4,12H,5-11H2,(H,17,20). The topological polar surface area (TPSA) is 44.8 Å². The normalized spacial score (nSPS) is 27.4. The first kappa shape index (κ1) is 14.3. The van der Waals surface area contributed by atoms with E-state index in [-0.39, 0.29) is 18.3 Å². The van der Waals surface area contributed by atoms with Gasteiger partial charge in [-0.3, -0.25) is 14.6 Å². The molecule has 1 atom stereocenters. The first-order valence-electron chi connectivity index (χ1n) is 7.33. The molecule has 1 unspecified atom stereocenters. The largest absolute Gasteiger partial charge is 0.481 e. The summed E-state index contributed by atoms with van der Waals surface area (Å²) in [7, 11) is 0. The van der Waals surface area contributed by atoms with Gasteiger partial charge in [-0.05, 0) is 12.1 Å². The number of hydrogen-bond acceptors (Lipinski definition) is 4. The van der Waals surface area contributed by atoms with Crippen LogP contribution >= 0.6 is 0 Å². The fourth-order valence-corrected chi connectivity index (χ4v) is 2.91. The number of carbonyl (C=O) groups is 1. The van der Waals surface area contributed by atoms with Crippen molar-refractivity contribution >= 4 is 5.91 Å². The number of nitrogens with one attached hydrogen (secondary N) is 1.